The van der Waals surface area contributed by atoms with Gasteiger partial charge in [0.25, 0.3) is 0 Å². The SMILES string of the molecule is Cc1ccc(N2CCN(N=Cc3cc(C(C)(C)C)c(O)c(C(C)(C)C)c3)CC2)cc1. The van der Waals surface area contributed by atoms with Crippen LogP contribution in [0.4, 0.5) is 5.69 Å². The largest absolute Gasteiger partial charge is 0.507 e. The Kier molecular flexibility index (Phi) is 6.16. The van der Waals surface area contributed by atoms with Gasteiger partial charge in [0.05, 0.1) is 19.3 Å². The van der Waals surface area contributed by atoms with Crippen LogP contribution in [0.25, 0.3) is 0 Å². The summed E-state index contributed by atoms with van der Waals surface area (Å²) in [6.07, 6.45) is 1.95. The minimum absolute atomic E-state index is 0.131. The fraction of sp³-hybridized carbons (Fsp3) is 0.500. The molecule has 0 radical (unpaired) electrons. The average Bonchev–Trinajstić information content (AvgIpc) is 2.66. The molecule has 162 valence electrons. The van der Waals surface area contributed by atoms with Crippen molar-refractivity contribution >= 4 is 11.9 Å². The number of rotatable bonds is 3. The van der Waals surface area contributed by atoms with Crippen molar-refractivity contribution < 1.29 is 5.11 Å². The van der Waals surface area contributed by atoms with Gasteiger partial charge in [0.15, 0.2) is 0 Å². The monoisotopic (exact) mass is 407 g/mol. The van der Waals surface area contributed by atoms with Gasteiger partial charge in [0, 0.05) is 29.9 Å². The fourth-order valence-electron chi connectivity index (χ4n) is 3.85. The van der Waals surface area contributed by atoms with Gasteiger partial charge in [0.1, 0.15) is 5.75 Å². The first kappa shape index (κ1) is 22.2. The third kappa shape index (κ3) is 5.16. The molecule has 0 amide bonds. The third-order valence-corrected chi connectivity index (χ3v) is 5.77. The number of aryl methyl sites for hydroxylation is 1. The predicted octanol–water partition coefficient (Wildman–Crippen LogP) is 5.45. The molecule has 1 saturated heterocycles. The Hall–Kier alpha value is -2.49. The Morgan fingerprint density at radius 2 is 1.33 bits per heavy atom. The highest BCUT2D eigenvalue weighted by Gasteiger charge is 2.26. The van der Waals surface area contributed by atoms with E-state index in [0.717, 1.165) is 42.9 Å². The molecule has 0 unspecified atom stereocenters. The predicted molar refractivity (Wildman–Crippen MR) is 128 cm³/mol. The van der Waals surface area contributed by atoms with Gasteiger partial charge in [-0.3, -0.25) is 5.01 Å². The number of hydrogen-bond donors (Lipinski definition) is 1. The molecule has 0 bridgehead atoms. The van der Waals surface area contributed by atoms with Gasteiger partial charge in [0.2, 0.25) is 0 Å². The van der Waals surface area contributed by atoms with Crippen LogP contribution in [0.5, 0.6) is 5.75 Å². The molecule has 4 heteroatoms. The summed E-state index contributed by atoms with van der Waals surface area (Å²) in [6, 6.07) is 12.9. The molecular formula is C26H37N3O. The maximum atomic E-state index is 10.9. The second-order valence-electron chi connectivity index (χ2n) is 10.5. The van der Waals surface area contributed by atoms with Crippen LogP contribution in [0.3, 0.4) is 0 Å². The standard InChI is InChI=1S/C26H37N3O/c1-19-8-10-21(11-9-19)28-12-14-29(15-13-28)27-18-20-16-22(25(2,3)4)24(30)23(17-20)26(5,6)7/h8-11,16-18,30H,12-15H2,1-7H3. The second kappa shape index (κ2) is 8.33. The van der Waals surface area contributed by atoms with Crippen molar-refractivity contribution in [2.75, 3.05) is 31.1 Å². The fourth-order valence-corrected chi connectivity index (χ4v) is 3.85. The number of anilines is 1. The molecule has 2 aromatic carbocycles. The second-order valence-corrected chi connectivity index (χ2v) is 10.5. The van der Waals surface area contributed by atoms with E-state index >= 15 is 0 Å². The van der Waals surface area contributed by atoms with Gasteiger partial charge >= 0.3 is 0 Å². The molecular weight excluding hydrogens is 370 g/mol. The van der Waals surface area contributed by atoms with E-state index in [1.165, 1.54) is 11.3 Å². The quantitative estimate of drug-likeness (QED) is 0.688. The highest BCUT2D eigenvalue weighted by atomic mass is 16.3. The zero-order chi connectivity index (χ0) is 22.1. The van der Waals surface area contributed by atoms with Gasteiger partial charge < -0.3 is 10.0 Å². The molecule has 0 spiro atoms. The lowest BCUT2D eigenvalue weighted by molar-refractivity contribution is 0.272. The Labute approximate surface area is 182 Å². The summed E-state index contributed by atoms with van der Waals surface area (Å²) < 4.78 is 0. The molecule has 1 aliphatic rings. The zero-order valence-corrected chi connectivity index (χ0v) is 19.7. The summed E-state index contributed by atoms with van der Waals surface area (Å²) in [7, 11) is 0. The number of piperazine rings is 1. The molecule has 3 rings (SSSR count). The van der Waals surface area contributed by atoms with Crippen molar-refractivity contribution in [2.24, 2.45) is 5.10 Å². The number of hydrazone groups is 1. The van der Waals surface area contributed by atoms with E-state index in [1.54, 1.807) is 0 Å². The zero-order valence-electron chi connectivity index (χ0n) is 19.7. The van der Waals surface area contributed by atoms with Crippen molar-refractivity contribution in [3.63, 3.8) is 0 Å². The van der Waals surface area contributed by atoms with Gasteiger partial charge in [-0.2, -0.15) is 5.10 Å². The Morgan fingerprint density at radius 3 is 1.80 bits per heavy atom. The molecule has 1 N–H and O–H groups in total. The van der Waals surface area contributed by atoms with Crippen LogP contribution in [-0.4, -0.2) is 42.5 Å². The number of benzene rings is 2. The first-order valence-electron chi connectivity index (χ1n) is 10.9. The molecule has 0 aliphatic carbocycles. The highest BCUT2D eigenvalue weighted by Crippen LogP contribution is 2.39. The topological polar surface area (TPSA) is 39.1 Å². The minimum Gasteiger partial charge on any atom is -0.507 e. The number of aromatic hydroxyl groups is 1. The van der Waals surface area contributed by atoms with E-state index in [0.29, 0.717) is 5.75 Å². The Balaban J connectivity index is 1.75. The van der Waals surface area contributed by atoms with E-state index in [9.17, 15) is 5.11 Å². The molecule has 1 heterocycles. The molecule has 0 saturated carbocycles. The van der Waals surface area contributed by atoms with E-state index in [-0.39, 0.29) is 10.8 Å². The maximum absolute atomic E-state index is 10.9. The van der Waals surface area contributed by atoms with Crippen LogP contribution in [-0.2, 0) is 10.8 Å². The molecule has 1 aliphatic heterocycles. The number of hydrogen-bond acceptors (Lipinski definition) is 4. The van der Waals surface area contributed by atoms with Crippen molar-refractivity contribution in [1.29, 1.82) is 0 Å². The summed E-state index contributed by atoms with van der Waals surface area (Å²) in [4.78, 5) is 2.42. The van der Waals surface area contributed by atoms with E-state index in [4.69, 9.17) is 5.10 Å². The molecule has 30 heavy (non-hydrogen) atoms. The van der Waals surface area contributed by atoms with Crippen molar-refractivity contribution in [2.45, 2.75) is 59.3 Å². The summed E-state index contributed by atoms with van der Waals surface area (Å²) in [5.41, 5.74) is 5.30. The highest BCUT2D eigenvalue weighted by molar-refractivity contribution is 5.81. The summed E-state index contributed by atoms with van der Waals surface area (Å²) in [5.74, 6) is 0.416. The number of phenolic OH excluding ortho intramolecular Hbond substituents is 1. The maximum Gasteiger partial charge on any atom is 0.123 e. The molecule has 4 nitrogen and oxygen atoms in total. The van der Waals surface area contributed by atoms with Gasteiger partial charge in [-0.15, -0.1) is 0 Å². The van der Waals surface area contributed by atoms with Crippen molar-refractivity contribution in [1.82, 2.24) is 5.01 Å². The van der Waals surface area contributed by atoms with E-state index < -0.39 is 0 Å². The summed E-state index contributed by atoms with van der Waals surface area (Å²) in [6.45, 7) is 18.7. The lowest BCUT2D eigenvalue weighted by Crippen LogP contribution is -2.44. The van der Waals surface area contributed by atoms with Crippen LogP contribution in [0.2, 0.25) is 0 Å². The van der Waals surface area contributed by atoms with Crippen molar-refractivity contribution in [3.05, 3.63) is 58.7 Å². The first-order chi connectivity index (χ1) is 13.9. The van der Waals surface area contributed by atoms with E-state index in [2.05, 4.69) is 94.8 Å². The molecule has 2 aromatic rings. The number of nitrogens with zero attached hydrogens (tertiary/aromatic N) is 3. The van der Waals surface area contributed by atoms with Gasteiger partial charge in [-0.05, 0) is 47.6 Å². The smallest absolute Gasteiger partial charge is 0.123 e. The normalized spacial score (nSPS) is 15.8. The molecule has 1 fully saturated rings. The molecule has 0 atom stereocenters. The van der Waals surface area contributed by atoms with Crippen LogP contribution < -0.4 is 4.90 Å². The van der Waals surface area contributed by atoms with Crippen LogP contribution >= 0.6 is 0 Å². The summed E-state index contributed by atoms with van der Waals surface area (Å²) in [5, 5.41) is 17.8. The average molecular weight is 408 g/mol. The van der Waals surface area contributed by atoms with E-state index in [1.807, 2.05) is 6.21 Å². The van der Waals surface area contributed by atoms with Crippen LogP contribution in [0, 0.1) is 6.92 Å². The first-order valence-corrected chi connectivity index (χ1v) is 10.9. The number of phenols is 1. The van der Waals surface area contributed by atoms with Gasteiger partial charge in [-0.25, -0.2) is 0 Å². The van der Waals surface area contributed by atoms with Crippen molar-refractivity contribution in [3.8, 4) is 5.75 Å². The lowest BCUT2D eigenvalue weighted by Gasteiger charge is -2.34. The molecule has 0 aromatic heterocycles. The minimum atomic E-state index is -0.131. The third-order valence-electron chi connectivity index (χ3n) is 5.77. The summed E-state index contributed by atoms with van der Waals surface area (Å²) >= 11 is 0. The van der Waals surface area contributed by atoms with Gasteiger partial charge in [-0.1, -0.05) is 59.2 Å². The Morgan fingerprint density at radius 1 is 0.833 bits per heavy atom. The van der Waals surface area contributed by atoms with Crippen LogP contribution in [0.1, 0.15) is 63.8 Å². The Bertz CT molecular complexity index is 858. The lowest BCUT2D eigenvalue weighted by atomic mass is 9.78. The van der Waals surface area contributed by atoms with Crippen LogP contribution in [0.15, 0.2) is 41.5 Å².